The predicted octanol–water partition coefficient (Wildman–Crippen LogP) is 5.13. The molecule has 4 heteroatoms. The molecule has 0 aliphatic heterocycles. The topological polar surface area (TPSA) is 41.1 Å². The summed E-state index contributed by atoms with van der Waals surface area (Å²) >= 11 is 1.64. The fraction of sp³-hybridized carbons (Fsp3) is 0.312. The summed E-state index contributed by atoms with van der Waals surface area (Å²) in [5.41, 5.74) is 3.08. The number of anilines is 2. The second-order valence-electron chi connectivity index (χ2n) is 5.26. The zero-order chi connectivity index (χ0) is 14.7. The number of urea groups is 1. The van der Waals surface area contributed by atoms with E-state index in [1.807, 2.05) is 38.1 Å². The fourth-order valence-electron chi connectivity index (χ4n) is 1.82. The van der Waals surface area contributed by atoms with Crippen molar-refractivity contribution in [2.24, 2.45) is 0 Å². The molecule has 0 radical (unpaired) electrons. The van der Waals surface area contributed by atoms with Gasteiger partial charge in [0.15, 0.2) is 0 Å². The second-order valence-corrected chi connectivity index (χ2v) is 6.34. The molecule has 2 aromatic rings. The van der Waals surface area contributed by atoms with Crippen LogP contribution in [-0.4, -0.2) is 6.03 Å². The van der Waals surface area contributed by atoms with Crippen LogP contribution in [0.2, 0.25) is 0 Å². The van der Waals surface area contributed by atoms with Crippen molar-refractivity contribution in [2.75, 3.05) is 10.6 Å². The van der Waals surface area contributed by atoms with Crippen LogP contribution in [0, 0.1) is 13.8 Å². The minimum Gasteiger partial charge on any atom is -0.308 e. The number of nitrogens with one attached hydrogen (secondary N) is 2. The van der Waals surface area contributed by atoms with E-state index in [1.54, 1.807) is 11.3 Å². The average Bonchev–Trinajstić information content (AvgIpc) is 2.74. The van der Waals surface area contributed by atoms with E-state index < -0.39 is 0 Å². The van der Waals surface area contributed by atoms with Gasteiger partial charge in [-0.1, -0.05) is 31.5 Å². The van der Waals surface area contributed by atoms with Crippen LogP contribution in [0.15, 0.2) is 30.3 Å². The Morgan fingerprint density at radius 1 is 1.10 bits per heavy atom. The molecule has 1 heterocycles. The highest BCUT2D eigenvalue weighted by Gasteiger charge is 2.11. The molecule has 0 aliphatic carbocycles. The highest BCUT2D eigenvalue weighted by molar-refractivity contribution is 7.16. The van der Waals surface area contributed by atoms with Gasteiger partial charge in [-0.25, -0.2) is 4.79 Å². The first kappa shape index (κ1) is 14.6. The predicted molar refractivity (Wildman–Crippen MR) is 87.0 cm³/mol. The Morgan fingerprint density at radius 3 is 2.30 bits per heavy atom. The summed E-state index contributed by atoms with van der Waals surface area (Å²) in [5, 5.41) is 6.67. The van der Waals surface area contributed by atoms with Crippen LogP contribution in [0.1, 0.15) is 35.8 Å². The zero-order valence-corrected chi connectivity index (χ0v) is 13.1. The van der Waals surface area contributed by atoms with E-state index in [4.69, 9.17) is 0 Å². The molecule has 0 aliphatic rings. The molecule has 2 N–H and O–H groups in total. The lowest BCUT2D eigenvalue weighted by Crippen LogP contribution is -2.19. The third-order valence-electron chi connectivity index (χ3n) is 3.04. The molecule has 0 bridgehead atoms. The number of rotatable bonds is 3. The molecule has 2 amide bonds. The smallest absolute Gasteiger partial charge is 0.308 e. The van der Waals surface area contributed by atoms with E-state index in [9.17, 15) is 4.79 Å². The summed E-state index contributed by atoms with van der Waals surface area (Å²) in [4.78, 5) is 13.3. The number of hydrogen-bond donors (Lipinski definition) is 2. The number of amides is 2. The van der Waals surface area contributed by atoms with Crippen LogP contribution in [-0.2, 0) is 0 Å². The van der Waals surface area contributed by atoms with E-state index in [2.05, 4.69) is 30.5 Å². The number of thiophene rings is 1. The average molecular weight is 288 g/mol. The molecule has 2 rings (SSSR count). The molecule has 0 saturated carbocycles. The van der Waals surface area contributed by atoms with Crippen molar-refractivity contribution in [1.82, 2.24) is 0 Å². The molecule has 0 spiro atoms. The van der Waals surface area contributed by atoms with Gasteiger partial charge in [0.1, 0.15) is 0 Å². The minimum absolute atomic E-state index is 0.200. The van der Waals surface area contributed by atoms with Crippen molar-refractivity contribution >= 4 is 28.1 Å². The van der Waals surface area contributed by atoms with Gasteiger partial charge in [-0.2, -0.15) is 0 Å². The Hall–Kier alpha value is -1.81. The molecule has 3 nitrogen and oxygen atoms in total. The summed E-state index contributed by atoms with van der Waals surface area (Å²) in [6.45, 7) is 8.35. The molecular formula is C16H20N2OS. The monoisotopic (exact) mass is 288 g/mol. The number of carbonyl (C=O) groups excluding carboxylic acids is 1. The van der Waals surface area contributed by atoms with Crippen molar-refractivity contribution in [3.05, 3.63) is 46.3 Å². The van der Waals surface area contributed by atoms with E-state index in [1.165, 1.54) is 10.4 Å². The van der Waals surface area contributed by atoms with Crippen LogP contribution in [0.5, 0.6) is 0 Å². The van der Waals surface area contributed by atoms with Crippen molar-refractivity contribution in [3.8, 4) is 0 Å². The van der Waals surface area contributed by atoms with E-state index >= 15 is 0 Å². The molecule has 0 unspecified atom stereocenters. The Kier molecular flexibility index (Phi) is 4.45. The maximum atomic E-state index is 12.0. The fourth-order valence-corrected chi connectivity index (χ4v) is 2.89. The van der Waals surface area contributed by atoms with Gasteiger partial charge in [0.05, 0.1) is 5.00 Å². The minimum atomic E-state index is -0.200. The summed E-state index contributed by atoms with van der Waals surface area (Å²) in [7, 11) is 0. The first-order chi connectivity index (χ1) is 9.45. The quantitative estimate of drug-likeness (QED) is 0.807. The summed E-state index contributed by atoms with van der Waals surface area (Å²) in [5.74, 6) is 0.481. The molecule has 0 atom stereocenters. The van der Waals surface area contributed by atoms with Crippen molar-refractivity contribution in [1.29, 1.82) is 0 Å². The van der Waals surface area contributed by atoms with Gasteiger partial charge in [0.25, 0.3) is 0 Å². The maximum Gasteiger partial charge on any atom is 0.324 e. The first-order valence-electron chi connectivity index (χ1n) is 6.70. The van der Waals surface area contributed by atoms with Gasteiger partial charge in [-0.3, -0.25) is 5.32 Å². The van der Waals surface area contributed by atoms with E-state index in [-0.39, 0.29) is 6.03 Å². The van der Waals surface area contributed by atoms with Crippen LogP contribution < -0.4 is 10.6 Å². The van der Waals surface area contributed by atoms with Gasteiger partial charge in [-0.05, 0) is 43.5 Å². The molecule has 20 heavy (non-hydrogen) atoms. The Morgan fingerprint density at radius 2 is 1.75 bits per heavy atom. The van der Waals surface area contributed by atoms with Crippen molar-refractivity contribution in [3.63, 3.8) is 0 Å². The lowest BCUT2D eigenvalue weighted by atomic mass is 10.1. The largest absolute Gasteiger partial charge is 0.324 e. The van der Waals surface area contributed by atoms with Gasteiger partial charge in [-0.15, -0.1) is 11.3 Å². The molecule has 0 saturated heterocycles. The SMILES string of the molecule is Cc1ccc(NC(=O)Nc2sc(C(C)C)cc2C)cc1. The van der Waals surface area contributed by atoms with Crippen LogP contribution in [0.3, 0.4) is 0 Å². The third-order valence-corrected chi connectivity index (χ3v) is 4.50. The maximum absolute atomic E-state index is 12.0. The van der Waals surface area contributed by atoms with E-state index in [0.29, 0.717) is 5.92 Å². The number of aryl methyl sites for hydroxylation is 2. The van der Waals surface area contributed by atoms with Crippen molar-refractivity contribution < 1.29 is 4.79 Å². The Bertz CT molecular complexity index is 599. The van der Waals surface area contributed by atoms with Crippen LogP contribution >= 0.6 is 11.3 Å². The normalized spacial score (nSPS) is 10.7. The Balaban J connectivity index is 2.02. The first-order valence-corrected chi connectivity index (χ1v) is 7.52. The number of carbonyl (C=O) groups is 1. The van der Waals surface area contributed by atoms with Crippen LogP contribution in [0.4, 0.5) is 15.5 Å². The lowest BCUT2D eigenvalue weighted by Gasteiger charge is -2.07. The number of hydrogen-bond acceptors (Lipinski definition) is 2. The lowest BCUT2D eigenvalue weighted by molar-refractivity contribution is 0.262. The summed E-state index contributed by atoms with van der Waals surface area (Å²) in [6.07, 6.45) is 0. The van der Waals surface area contributed by atoms with Gasteiger partial charge in [0, 0.05) is 10.6 Å². The molecular weight excluding hydrogens is 268 g/mol. The summed E-state index contributed by atoms with van der Waals surface area (Å²) < 4.78 is 0. The zero-order valence-electron chi connectivity index (χ0n) is 12.3. The Labute approximate surface area is 124 Å². The molecule has 1 aromatic carbocycles. The van der Waals surface area contributed by atoms with Crippen molar-refractivity contribution in [2.45, 2.75) is 33.6 Å². The highest BCUT2D eigenvalue weighted by atomic mass is 32.1. The van der Waals surface area contributed by atoms with Gasteiger partial charge < -0.3 is 5.32 Å². The highest BCUT2D eigenvalue weighted by Crippen LogP contribution is 2.32. The standard InChI is InChI=1S/C16H20N2OS/c1-10(2)14-9-12(4)15(20-14)18-16(19)17-13-7-5-11(3)6-8-13/h5-10H,1-4H3,(H2,17,18,19). The summed E-state index contributed by atoms with van der Waals surface area (Å²) in [6, 6.07) is 9.68. The van der Waals surface area contributed by atoms with E-state index in [0.717, 1.165) is 16.3 Å². The molecule has 1 aromatic heterocycles. The van der Waals surface area contributed by atoms with Gasteiger partial charge in [0.2, 0.25) is 0 Å². The second kappa shape index (κ2) is 6.09. The molecule has 0 fully saturated rings. The van der Waals surface area contributed by atoms with Gasteiger partial charge >= 0.3 is 6.03 Å². The molecule has 106 valence electrons. The third kappa shape index (κ3) is 3.61. The number of benzene rings is 1. The van der Waals surface area contributed by atoms with Crippen LogP contribution in [0.25, 0.3) is 0 Å².